The van der Waals surface area contributed by atoms with E-state index in [9.17, 15) is 38.3 Å². The van der Waals surface area contributed by atoms with Gasteiger partial charge in [0, 0.05) is 67.4 Å². The second kappa shape index (κ2) is 20.2. The highest BCUT2D eigenvalue weighted by Gasteiger charge is 2.40. The molecule has 1 fully saturated rings. The van der Waals surface area contributed by atoms with Crippen molar-refractivity contribution in [2.75, 3.05) is 32.8 Å². The summed E-state index contributed by atoms with van der Waals surface area (Å²) >= 11 is 0. The predicted molar refractivity (Wildman–Crippen MR) is 219 cm³/mol. The minimum Gasteiger partial charge on any atom is -0.394 e. The molecular formula is C44H53F2N7O7. The normalized spacial score (nSPS) is 17.2. The number of aromatic nitrogens is 1. The summed E-state index contributed by atoms with van der Waals surface area (Å²) in [7, 11) is 0. The zero-order valence-electron chi connectivity index (χ0n) is 34.1. The molecule has 2 heterocycles. The Kier molecular flexibility index (Phi) is 15.1. The van der Waals surface area contributed by atoms with Gasteiger partial charge in [0.05, 0.1) is 17.7 Å². The van der Waals surface area contributed by atoms with Crippen molar-refractivity contribution in [1.82, 2.24) is 30.3 Å². The van der Waals surface area contributed by atoms with E-state index in [1.165, 1.54) is 11.0 Å². The first kappa shape index (κ1) is 44.9. The van der Waals surface area contributed by atoms with Crippen LogP contribution >= 0.6 is 0 Å². The van der Waals surface area contributed by atoms with Crippen molar-refractivity contribution in [3.8, 4) is 11.1 Å². The average molecular weight is 830 g/mol. The van der Waals surface area contributed by atoms with Gasteiger partial charge in [-0.2, -0.15) is 0 Å². The molecule has 2 aliphatic rings. The number of carbonyl (C=O) groups excluding carboxylic acids is 6. The number of nitrogens with two attached hydrogens (primary N) is 1. The Balaban J connectivity index is 1.32. The van der Waals surface area contributed by atoms with Crippen LogP contribution in [0.1, 0.15) is 70.2 Å². The summed E-state index contributed by atoms with van der Waals surface area (Å²) in [6.07, 6.45) is 8.31. The number of aliphatic hydroxyl groups is 1. The van der Waals surface area contributed by atoms with E-state index < -0.39 is 77.7 Å². The number of benzene rings is 2. The highest BCUT2D eigenvalue weighted by atomic mass is 19.1. The largest absolute Gasteiger partial charge is 0.394 e. The lowest BCUT2D eigenvalue weighted by Crippen LogP contribution is -2.47. The number of amides is 6. The molecule has 1 aliphatic heterocycles. The Hall–Kier alpha value is -6.16. The number of carbonyl (C=O) groups is 6. The lowest BCUT2D eigenvalue weighted by molar-refractivity contribution is -0.141. The van der Waals surface area contributed by atoms with E-state index in [1.807, 2.05) is 55.7 Å². The van der Waals surface area contributed by atoms with Crippen LogP contribution < -0.4 is 21.7 Å². The van der Waals surface area contributed by atoms with Gasteiger partial charge in [-0.25, -0.2) is 8.78 Å². The number of rotatable bonds is 19. The van der Waals surface area contributed by atoms with E-state index in [4.69, 9.17) is 5.73 Å². The van der Waals surface area contributed by atoms with E-state index in [1.54, 1.807) is 12.3 Å². The Bertz CT molecular complexity index is 2120. The smallest absolute Gasteiger partial charge is 0.267 e. The Morgan fingerprint density at radius 1 is 1.00 bits per heavy atom. The molecule has 0 saturated heterocycles. The third-order valence-electron chi connectivity index (χ3n) is 10.9. The van der Waals surface area contributed by atoms with Gasteiger partial charge in [0.2, 0.25) is 17.7 Å². The second-order valence-electron chi connectivity index (χ2n) is 15.8. The highest BCUT2D eigenvalue weighted by molar-refractivity contribution is 6.14. The number of nitrogens with one attached hydrogen (secondary N) is 3. The molecule has 1 aromatic heterocycles. The molecular weight excluding hydrogens is 777 g/mol. The fraction of sp³-hybridized carbons (Fsp3) is 0.409. The van der Waals surface area contributed by atoms with Crippen molar-refractivity contribution >= 4 is 35.4 Å². The molecule has 6 amide bonds. The molecule has 0 radical (unpaired) electrons. The molecule has 14 nitrogen and oxygen atoms in total. The first-order chi connectivity index (χ1) is 28.6. The molecule has 3 atom stereocenters. The molecule has 5 rings (SSSR count). The summed E-state index contributed by atoms with van der Waals surface area (Å²) in [4.78, 5) is 78.2. The number of nitrogens with zero attached hydrogens (tertiary/aromatic N) is 3. The van der Waals surface area contributed by atoms with Crippen LogP contribution in [0.4, 0.5) is 8.78 Å². The summed E-state index contributed by atoms with van der Waals surface area (Å²) in [5.74, 6) is -5.15. The molecule has 1 saturated carbocycles. The number of imide groups is 1. The van der Waals surface area contributed by atoms with Crippen LogP contribution in [0.2, 0.25) is 0 Å². The van der Waals surface area contributed by atoms with Gasteiger partial charge in [-0.15, -0.1) is 0 Å². The topological polar surface area (TPSA) is 196 Å². The molecule has 1 aliphatic carbocycles. The second-order valence-corrected chi connectivity index (χ2v) is 15.8. The highest BCUT2D eigenvalue weighted by Crippen LogP contribution is 2.44. The lowest BCUT2D eigenvalue weighted by Gasteiger charge is -2.42. The number of halogens is 2. The van der Waals surface area contributed by atoms with Crippen molar-refractivity contribution in [2.24, 2.45) is 17.1 Å². The van der Waals surface area contributed by atoms with Crippen LogP contribution in [0.3, 0.4) is 0 Å². The molecule has 0 unspecified atom stereocenters. The molecule has 0 bridgehead atoms. The molecule has 0 spiro atoms. The van der Waals surface area contributed by atoms with Gasteiger partial charge in [0.25, 0.3) is 17.7 Å². The standard InChI is InChI=1S/C44H53F2N7O7/c1-4-18-44(2,3)41(36-22-29(32-23-30(45)13-14-33(32)46)25-51(36)24-28-9-6-5-7-10-28)52(40(58)27-54)21-17-34(47)43(60)50-35-12-8-11-31(35)42(59)49-20-19-48-37(55)26-53-38(56)15-16-39(53)57/h5-7,9-10,13-17,22-23,25,31,35,41,54H,4,8,11-12,18-21,24,26-27,47H2,1-3H3,(H,48,55)(H,49,59)(H,50,60)/b34-17+/t31-,35+,41+/m1/s1. The first-order valence-electron chi connectivity index (χ1n) is 20.1. The number of hydrogen-bond donors (Lipinski definition) is 5. The fourth-order valence-corrected chi connectivity index (χ4v) is 8.04. The summed E-state index contributed by atoms with van der Waals surface area (Å²) in [5.41, 5.74) is 7.44. The Labute approximate surface area is 347 Å². The average Bonchev–Trinajstić information content (AvgIpc) is 3.94. The van der Waals surface area contributed by atoms with Crippen LogP contribution in [0.25, 0.3) is 11.1 Å². The van der Waals surface area contributed by atoms with Crippen LogP contribution in [-0.2, 0) is 35.3 Å². The van der Waals surface area contributed by atoms with Gasteiger partial charge in [-0.1, -0.05) is 63.9 Å². The van der Waals surface area contributed by atoms with Gasteiger partial charge in [-0.05, 0) is 60.6 Å². The van der Waals surface area contributed by atoms with Crippen molar-refractivity contribution in [2.45, 2.75) is 71.5 Å². The van der Waals surface area contributed by atoms with Gasteiger partial charge in [-0.3, -0.25) is 33.7 Å². The Morgan fingerprint density at radius 3 is 2.38 bits per heavy atom. The minimum absolute atomic E-state index is 0.0463. The maximum absolute atomic E-state index is 15.2. The minimum atomic E-state index is -0.846. The van der Waals surface area contributed by atoms with Gasteiger partial charge in [0.1, 0.15) is 24.8 Å². The van der Waals surface area contributed by atoms with Crippen molar-refractivity contribution in [3.05, 3.63) is 108 Å². The Morgan fingerprint density at radius 2 is 1.70 bits per heavy atom. The van der Waals surface area contributed by atoms with E-state index in [0.717, 1.165) is 47.2 Å². The molecule has 320 valence electrons. The van der Waals surface area contributed by atoms with Gasteiger partial charge in [0.15, 0.2) is 0 Å². The molecule has 6 N–H and O–H groups in total. The SMILES string of the molecule is CCCC(C)(C)[C@H](c1cc(-c2cc(F)ccc2F)cn1Cc1ccccc1)N(C/C=C(/N)C(=O)N[C@H]1CCC[C@H]1C(=O)NCCNC(=O)CN1C(=O)C=CC1=O)C(=O)CO. The van der Waals surface area contributed by atoms with Crippen LogP contribution in [0.15, 0.2) is 84.7 Å². The third kappa shape index (κ3) is 11.1. The quantitative estimate of drug-likeness (QED) is 0.0689. The van der Waals surface area contributed by atoms with E-state index >= 15 is 4.39 Å². The molecule has 16 heteroatoms. The molecule has 60 heavy (non-hydrogen) atoms. The zero-order valence-corrected chi connectivity index (χ0v) is 34.1. The van der Waals surface area contributed by atoms with E-state index in [2.05, 4.69) is 16.0 Å². The number of aliphatic hydroxyl groups excluding tert-OH is 1. The summed E-state index contributed by atoms with van der Waals surface area (Å²) in [5, 5.41) is 18.4. The van der Waals surface area contributed by atoms with E-state index in [0.29, 0.717) is 43.5 Å². The molecule has 2 aromatic carbocycles. The maximum atomic E-state index is 15.2. The van der Waals surface area contributed by atoms with Crippen LogP contribution in [0, 0.1) is 23.0 Å². The van der Waals surface area contributed by atoms with E-state index in [-0.39, 0.29) is 36.8 Å². The van der Waals surface area contributed by atoms with Crippen LogP contribution in [0.5, 0.6) is 0 Å². The maximum Gasteiger partial charge on any atom is 0.267 e. The van der Waals surface area contributed by atoms with Gasteiger partial charge < -0.3 is 36.3 Å². The fourth-order valence-electron chi connectivity index (χ4n) is 8.04. The summed E-state index contributed by atoms with van der Waals surface area (Å²) < 4.78 is 31.5. The summed E-state index contributed by atoms with van der Waals surface area (Å²) in [6, 6.07) is 13.2. The summed E-state index contributed by atoms with van der Waals surface area (Å²) in [6.45, 7) is 4.95. The van der Waals surface area contributed by atoms with Crippen molar-refractivity contribution in [1.29, 1.82) is 0 Å². The first-order valence-corrected chi connectivity index (χ1v) is 20.1. The van der Waals surface area contributed by atoms with Gasteiger partial charge >= 0.3 is 0 Å². The monoisotopic (exact) mass is 829 g/mol. The number of hydrogen-bond acceptors (Lipinski definition) is 8. The zero-order chi connectivity index (χ0) is 43.6. The predicted octanol–water partition coefficient (Wildman–Crippen LogP) is 3.45. The van der Waals surface area contributed by atoms with Crippen molar-refractivity contribution < 1.29 is 42.7 Å². The third-order valence-corrected chi connectivity index (χ3v) is 10.9. The lowest BCUT2D eigenvalue weighted by atomic mass is 9.77. The molecule has 3 aromatic rings. The van der Waals surface area contributed by atoms with Crippen molar-refractivity contribution in [3.63, 3.8) is 0 Å². The van der Waals surface area contributed by atoms with Crippen LogP contribution in [-0.4, -0.2) is 93.7 Å².